The number of aliphatic imine (C=N–C) groups is 1. The van der Waals surface area contributed by atoms with Crippen molar-refractivity contribution in [1.82, 2.24) is 9.88 Å². The number of anilines is 1. The average molecular weight is 377 g/mol. The van der Waals surface area contributed by atoms with Crippen molar-refractivity contribution in [2.24, 2.45) is 16.6 Å². The first-order chi connectivity index (χ1) is 12.5. The Balaban J connectivity index is 1.42. The standard InChI is InChI=1S/C17H23N5O3S/c1-10(23)20-15(18)14-7-19-17(26-14)22-9-12-6-13(22)8-21(12)16(24)11-2-4-25-5-3-11/h7,11-13H,2-6,8-9H2,1H3,(H2,18,20,23). The largest absolute Gasteiger partial charge is 0.382 e. The molecule has 26 heavy (non-hydrogen) atoms. The maximum absolute atomic E-state index is 12.8. The van der Waals surface area contributed by atoms with E-state index >= 15 is 0 Å². The molecule has 4 rings (SSSR count). The number of aromatic nitrogens is 1. The van der Waals surface area contributed by atoms with Crippen LogP contribution in [0.2, 0.25) is 0 Å². The van der Waals surface area contributed by atoms with E-state index in [0.29, 0.717) is 24.1 Å². The zero-order valence-electron chi connectivity index (χ0n) is 14.8. The fraction of sp³-hybridized carbons (Fsp3) is 0.647. The van der Waals surface area contributed by atoms with E-state index < -0.39 is 0 Å². The van der Waals surface area contributed by atoms with Gasteiger partial charge < -0.3 is 20.3 Å². The molecule has 1 aromatic rings. The van der Waals surface area contributed by atoms with Gasteiger partial charge in [0.05, 0.1) is 23.2 Å². The van der Waals surface area contributed by atoms with Crippen molar-refractivity contribution in [2.45, 2.75) is 38.3 Å². The van der Waals surface area contributed by atoms with Crippen LogP contribution in [0, 0.1) is 5.92 Å². The molecule has 2 unspecified atom stereocenters. The van der Waals surface area contributed by atoms with Gasteiger partial charge in [-0.15, -0.1) is 0 Å². The van der Waals surface area contributed by atoms with E-state index in [1.54, 1.807) is 6.20 Å². The van der Waals surface area contributed by atoms with E-state index in [1.807, 2.05) is 0 Å². The van der Waals surface area contributed by atoms with E-state index in [2.05, 4.69) is 19.8 Å². The Morgan fingerprint density at radius 3 is 2.73 bits per heavy atom. The quantitative estimate of drug-likeness (QED) is 0.612. The maximum Gasteiger partial charge on any atom is 0.244 e. The first-order valence-electron chi connectivity index (χ1n) is 8.98. The highest BCUT2D eigenvalue weighted by molar-refractivity contribution is 7.17. The highest BCUT2D eigenvalue weighted by atomic mass is 32.1. The lowest BCUT2D eigenvalue weighted by Crippen LogP contribution is -2.51. The fourth-order valence-corrected chi connectivity index (χ4v) is 4.99. The van der Waals surface area contributed by atoms with Gasteiger partial charge in [-0.2, -0.15) is 4.99 Å². The number of thiazole rings is 1. The van der Waals surface area contributed by atoms with Gasteiger partial charge in [0.25, 0.3) is 0 Å². The van der Waals surface area contributed by atoms with Gasteiger partial charge in [0, 0.05) is 39.1 Å². The van der Waals surface area contributed by atoms with Crippen LogP contribution < -0.4 is 10.6 Å². The number of carbonyl (C=O) groups is 2. The van der Waals surface area contributed by atoms with E-state index in [4.69, 9.17) is 10.5 Å². The molecule has 8 nitrogen and oxygen atoms in total. The van der Waals surface area contributed by atoms with Crippen molar-refractivity contribution in [3.63, 3.8) is 0 Å². The molecule has 2 bridgehead atoms. The molecule has 0 saturated carbocycles. The smallest absolute Gasteiger partial charge is 0.244 e. The maximum atomic E-state index is 12.8. The Hall–Kier alpha value is -2.00. The SMILES string of the molecule is CC(=O)N=C(N)c1cnc(N2CC3CC2CN3C(=O)C2CCOCC2)s1. The summed E-state index contributed by atoms with van der Waals surface area (Å²) in [6.45, 7) is 4.31. The number of likely N-dealkylation sites (tertiary alicyclic amines) is 1. The minimum Gasteiger partial charge on any atom is -0.382 e. The van der Waals surface area contributed by atoms with Gasteiger partial charge in [0.15, 0.2) is 5.13 Å². The van der Waals surface area contributed by atoms with Crippen molar-refractivity contribution in [3.05, 3.63) is 11.1 Å². The van der Waals surface area contributed by atoms with Crippen LogP contribution in [0.25, 0.3) is 0 Å². The van der Waals surface area contributed by atoms with E-state index in [-0.39, 0.29) is 29.6 Å². The Kier molecular flexibility index (Phi) is 4.66. The van der Waals surface area contributed by atoms with E-state index in [1.165, 1.54) is 18.3 Å². The normalized spacial score (nSPS) is 26.6. The second-order valence-corrected chi connectivity index (χ2v) is 8.11. The molecule has 3 fully saturated rings. The van der Waals surface area contributed by atoms with Gasteiger partial charge in [-0.1, -0.05) is 11.3 Å². The van der Waals surface area contributed by atoms with Gasteiger partial charge in [-0.05, 0) is 19.3 Å². The highest BCUT2D eigenvalue weighted by Gasteiger charge is 2.47. The van der Waals surface area contributed by atoms with Crippen molar-refractivity contribution in [2.75, 3.05) is 31.2 Å². The van der Waals surface area contributed by atoms with Crippen LogP contribution in [-0.4, -0.2) is 65.9 Å². The number of ether oxygens (including phenoxy) is 1. The summed E-state index contributed by atoms with van der Waals surface area (Å²) in [5.41, 5.74) is 5.85. The predicted octanol–water partition coefficient (Wildman–Crippen LogP) is 0.611. The third-order valence-electron chi connectivity index (χ3n) is 5.36. The molecule has 3 aliphatic rings. The summed E-state index contributed by atoms with van der Waals surface area (Å²) in [7, 11) is 0. The molecule has 2 atom stereocenters. The molecule has 3 saturated heterocycles. The number of hydrogen-bond donors (Lipinski definition) is 1. The van der Waals surface area contributed by atoms with E-state index in [9.17, 15) is 9.59 Å². The monoisotopic (exact) mass is 377 g/mol. The molecule has 0 radical (unpaired) electrons. The van der Waals surface area contributed by atoms with Gasteiger partial charge in [0.2, 0.25) is 11.8 Å². The van der Waals surface area contributed by atoms with Crippen molar-refractivity contribution < 1.29 is 14.3 Å². The molecule has 0 spiro atoms. The molecule has 0 aromatic carbocycles. The van der Waals surface area contributed by atoms with Crippen LogP contribution in [0.15, 0.2) is 11.2 Å². The minimum atomic E-state index is -0.319. The average Bonchev–Trinajstić information content (AvgIpc) is 3.35. The first-order valence-corrected chi connectivity index (χ1v) is 9.80. The van der Waals surface area contributed by atoms with Crippen LogP contribution in [0.4, 0.5) is 5.13 Å². The molecule has 2 N–H and O–H groups in total. The zero-order valence-corrected chi connectivity index (χ0v) is 15.6. The fourth-order valence-electron chi connectivity index (χ4n) is 4.09. The first kappa shape index (κ1) is 17.4. The summed E-state index contributed by atoms with van der Waals surface area (Å²) in [4.78, 5) is 37.1. The topological polar surface area (TPSA) is 101 Å². The number of carbonyl (C=O) groups excluding carboxylic acids is 2. The predicted molar refractivity (Wildman–Crippen MR) is 98.3 cm³/mol. The van der Waals surface area contributed by atoms with Crippen molar-refractivity contribution in [3.8, 4) is 0 Å². The van der Waals surface area contributed by atoms with Gasteiger partial charge >= 0.3 is 0 Å². The molecule has 9 heteroatoms. The summed E-state index contributed by atoms with van der Waals surface area (Å²) in [6, 6.07) is 0.555. The second-order valence-electron chi connectivity index (χ2n) is 7.10. The number of rotatable bonds is 3. The number of fused-ring (bicyclic) bond motifs is 2. The minimum absolute atomic E-state index is 0.116. The number of piperazine rings is 1. The third kappa shape index (κ3) is 3.21. The van der Waals surface area contributed by atoms with E-state index in [0.717, 1.165) is 37.5 Å². The van der Waals surface area contributed by atoms with Crippen molar-refractivity contribution >= 4 is 34.1 Å². The highest BCUT2D eigenvalue weighted by Crippen LogP contribution is 2.37. The Morgan fingerprint density at radius 2 is 2.08 bits per heavy atom. The molecule has 4 heterocycles. The molecule has 2 amide bonds. The lowest BCUT2D eigenvalue weighted by atomic mass is 9.98. The summed E-state index contributed by atoms with van der Waals surface area (Å²) in [6.07, 6.45) is 4.32. The summed E-state index contributed by atoms with van der Waals surface area (Å²) >= 11 is 1.44. The van der Waals surface area contributed by atoms with Gasteiger partial charge in [-0.3, -0.25) is 9.59 Å². The number of hydrogen-bond acceptors (Lipinski definition) is 6. The third-order valence-corrected chi connectivity index (χ3v) is 6.42. The number of nitrogens with zero attached hydrogens (tertiary/aromatic N) is 4. The molecule has 0 aliphatic carbocycles. The Bertz CT molecular complexity index is 743. The Labute approximate surface area is 156 Å². The van der Waals surface area contributed by atoms with Crippen LogP contribution >= 0.6 is 11.3 Å². The molecule has 3 aliphatic heterocycles. The summed E-state index contributed by atoms with van der Waals surface area (Å²) < 4.78 is 5.37. The van der Waals surface area contributed by atoms with Crippen molar-refractivity contribution in [1.29, 1.82) is 0 Å². The number of amides is 2. The van der Waals surface area contributed by atoms with Gasteiger partial charge in [-0.25, -0.2) is 4.98 Å². The summed E-state index contributed by atoms with van der Waals surface area (Å²) in [5, 5.41) is 0.882. The van der Waals surface area contributed by atoms with Gasteiger partial charge in [0.1, 0.15) is 5.84 Å². The zero-order chi connectivity index (χ0) is 18.3. The second kappa shape index (κ2) is 6.96. The lowest BCUT2D eigenvalue weighted by Gasteiger charge is -2.36. The molecular formula is C17H23N5O3S. The summed E-state index contributed by atoms with van der Waals surface area (Å²) in [5.74, 6) is 0.297. The molecule has 140 valence electrons. The van der Waals surface area contributed by atoms with Crippen LogP contribution in [0.1, 0.15) is 31.1 Å². The lowest BCUT2D eigenvalue weighted by molar-refractivity contribution is -0.139. The molecule has 1 aromatic heterocycles. The van der Waals surface area contributed by atoms with Crippen LogP contribution in [0.3, 0.4) is 0 Å². The Morgan fingerprint density at radius 1 is 1.31 bits per heavy atom. The molecular weight excluding hydrogens is 354 g/mol. The number of amidine groups is 1. The van der Waals surface area contributed by atoms with Crippen LogP contribution in [0.5, 0.6) is 0 Å². The number of nitrogens with two attached hydrogens (primary N) is 1. The van der Waals surface area contributed by atoms with Crippen LogP contribution in [-0.2, 0) is 14.3 Å².